The molecule has 0 radical (unpaired) electrons. The van der Waals surface area contributed by atoms with Crippen molar-refractivity contribution in [2.24, 2.45) is 0 Å². The summed E-state index contributed by atoms with van der Waals surface area (Å²) in [5.74, 6) is -1.56. The summed E-state index contributed by atoms with van der Waals surface area (Å²) in [6.07, 6.45) is 73.0. The summed E-state index contributed by atoms with van der Waals surface area (Å²) in [4.78, 5) is 48.6. The molecule has 0 aliphatic rings. The predicted octanol–water partition coefficient (Wildman–Crippen LogP) is 18.4. The van der Waals surface area contributed by atoms with Gasteiger partial charge < -0.3 is 24.2 Å². The fraction of sp³-hybridized carbons (Fsp3) is 0.652. The molecule has 78 heavy (non-hydrogen) atoms. The monoisotopic (exact) mass is 1110 g/mol. The molecule has 0 aromatic carbocycles. The zero-order chi connectivity index (χ0) is 56.9. The lowest BCUT2D eigenvalue weighted by Crippen LogP contribution is -2.30. The molecule has 3 atom stereocenters. The van der Waals surface area contributed by atoms with Crippen LogP contribution in [0.25, 0.3) is 0 Å². The Labute approximate surface area is 475 Å². The quantitative estimate of drug-likeness (QED) is 0.0197. The van der Waals surface area contributed by atoms with Crippen molar-refractivity contribution < 1.29 is 52.2 Å². The van der Waals surface area contributed by atoms with Crippen molar-refractivity contribution in [3.8, 4) is 0 Å². The van der Waals surface area contributed by atoms with Gasteiger partial charge in [-0.15, -0.1) is 0 Å². The second-order valence-electron chi connectivity index (χ2n) is 19.7. The number of allylic oxidation sites excluding steroid dienone is 20. The molecule has 0 aromatic rings. The normalized spacial score (nSPS) is 14.2. The van der Waals surface area contributed by atoms with Crippen LogP contribution in [0.4, 0.5) is 0 Å². The fourth-order valence-electron chi connectivity index (χ4n) is 7.78. The van der Waals surface area contributed by atoms with Gasteiger partial charge in [-0.05, 0) is 128 Å². The van der Waals surface area contributed by atoms with Crippen LogP contribution in [-0.2, 0) is 42.2 Å². The van der Waals surface area contributed by atoms with E-state index in [1.807, 2.05) is 0 Å². The molecule has 0 spiro atoms. The molecule has 0 rings (SSSR count). The third-order valence-electron chi connectivity index (χ3n) is 12.3. The second kappa shape index (κ2) is 59.0. The molecule has 0 saturated carbocycles. The van der Waals surface area contributed by atoms with E-state index in [4.69, 9.17) is 23.3 Å². The molecule has 3 unspecified atom stereocenters. The Bertz CT molecular complexity index is 1770. The first-order chi connectivity index (χ1) is 38.2. The number of esters is 3. The lowest BCUT2D eigenvalue weighted by molar-refractivity contribution is -0.161. The number of aliphatic hydroxyl groups is 1. The molecule has 0 fully saturated rings. The van der Waals surface area contributed by atoms with Gasteiger partial charge in [0.25, 0.3) is 0 Å². The van der Waals surface area contributed by atoms with Gasteiger partial charge in [-0.1, -0.05) is 213 Å². The van der Waals surface area contributed by atoms with Crippen molar-refractivity contribution in [2.45, 2.75) is 251 Å². The summed E-state index contributed by atoms with van der Waals surface area (Å²) in [5, 5.41) is 9.82. The van der Waals surface area contributed by atoms with E-state index in [1.165, 1.54) is 57.8 Å². The van der Waals surface area contributed by atoms with Crippen LogP contribution in [0.2, 0.25) is 0 Å². The molecule has 0 aliphatic heterocycles. The lowest BCUT2D eigenvalue weighted by atomic mass is 10.1. The molecule has 2 N–H and O–H groups in total. The number of hydrogen-bond acceptors (Lipinski definition) is 10. The van der Waals surface area contributed by atoms with Gasteiger partial charge in [0.1, 0.15) is 12.7 Å². The minimum atomic E-state index is -4.78. The van der Waals surface area contributed by atoms with Crippen LogP contribution in [0.5, 0.6) is 0 Å². The third kappa shape index (κ3) is 56.6. The summed E-state index contributed by atoms with van der Waals surface area (Å²) >= 11 is 0. The standard InChI is InChI=1S/C66H109O11P/c1-4-7-10-13-16-19-22-25-28-30-31-33-35-37-40-43-46-49-52-55-64(68)73-59-63(77-66(70)57-54-51-48-45-42-39-36-32-29-26-23-20-17-14-11-8-5-2)61-75-78(71,72)74-60-62(58-67)76-65(69)56-53-50-47-44-41-38-34-27-24-21-18-15-12-9-6-3/h7,9-10,12,16,18-19,21,25-29,31,33-34,37,40-41,44,62-63,67H,4-6,8,11,13-15,17,20,22-24,30,32,35-36,38-39,42-43,45-61H2,1-3H3,(H,71,72)/b10-7-,12-9-,19-16-,21-18-,28-25-,29-26-,33-31-,34-27-,40-37-,44-41-. The lowest BCUT2D eigenvalue weighted by Gasteiger charge is -2.21. The minimum absolute atomic E-state index is 0.117. The number of unbranched alkanes of at least 4 members (excludes halogenated alkanes) is 18. The molecule has 0 saturated heterocycles. The molecule has 444 valence electrons. The third-order valence-corrected chi connectivity index (χ3v) is 13.3. The Morgan fingerprint density at radius 1 is 0.372 bits per heavy atom. The van der Waals surface area contributed by atoms with Gasteiger partial charge in [-0.25, -0.2) is 4.57 Å². The Hall–Kier alpha value is -4.12. The number of carbonyl (C=O) groups excluding carboxylic acids is 3. The topological polar surface area (TPSA) is 155 Å². The zero-order valence-corrected chi connectivity index (χ0v) is 50.0. The van der Waals surface area contributed by atoms with E-state index >= 15 is 0 Å². The summed E-state index contributed by atoms with van der Waals surface area (Å²) in [6, 6.07) is 0. The van der Waals surface area contributed by atoms with Crippen LogP contribution in [0.3, 0.4) is 0 Å². The Morgan fingerprint density at radius 2 is 0.667 bits per heavy atom. The van der Waals surface area contributed by atoms with Gasteiger partial charge in [0.05, 0.1) is 19.8 Å². The molecule has 0 aliphatic carbocycles. The maximum Gasteiger partial charge on any atom is 0.472 e. The van der Waals surface area contributed by atoms with E-state index in [1.54, 1.807) is 0 Å². The SMILES string of the molecule is CC/C=C\C/C=C\C/C=C\C/C=C\C/C=C\CCCCCC(=O)OCC(COP(=O)(O)OCC(CO)OC(=O)CCCC/C=C\C/C=C\C/C=C\C/C=C\CC)OC(=O)CCCCCCCCC/C=C\CCCCCCCC. The maximum atomic E-state index is 12.9. The van der Waals surface area contributed by atoms with Crippen LogP contribution in [0.1, 0.15) is 239 Å². The van der Waals surface area contributed by atoms with Gasteiger partial charge >= 0.3 is 25.7 Å². The van der Waals surface area contributed by atoms with Crippen LogP contribution < -0.4 is 0 Å². The molecule has 0 heterocycles. The van der Waals surface area contributed by atoms with Crippen molar-refractivity contribution >= 4 is 25.7 Å². The average Bonchev–Trinajstić information content (AvgIpc) is 3.43. The Balaban J connectivity index is 4.83. The predicted molar refractivity (Wildman–Crippen MR) is 325 cm³/mol. The fourth-order valence-corrected chi connectivity index (χ4v) is 8.56. The highest BCUT2D eigenvalue weighted by Gasteiger charge is 2.28. The summed E-state index contributed by atoms with van der Waals surface area (Å²) in [5.41, 5.74) is 0. The van der Waals surface area contributed by atoms with Crippen LogP contribution in [-0.4, -0.2) is 66.5 Å². The average molecular weight is 1110 g/mol. The molecule has 12 heteroatoms. The van der Waals surface area contributed by atoms with Crippen molar-refractivity contribution in [1.82, 2.24) is 0 Å². The molecule has 0 amide bonds. The largest absolute Gasteiger partial charge is 0.472 e. The molecule has 11 nitrogen and oxygen atoms in total. The van der Waals surface area contributed by atoms with E-state index in [2.05, 4.69) is 142 Å². The number of phosphoric acid groups is 1. The van der Waals surface area contributed by atoms with Crippen LogP contribution >= 0.6 is 7.82 Å². The van der Waals surface area contributed by atoms with Crippen LogP contribution in [0, 0.1) is 0 Å². The molecular formula is C66H109O11P. The Kier molecular flexibility index (Phi) is 55.9. The first kappa shape index (κ1) is 73.9. The Morgan fingerprint density at radius 3 is 1.08 bits per heavy atom. The molecule has 0 aromatic heterocycles. The highest BCUT2D eigenvalue weighted by molar-refractivity contribution is 7.47. The summed E-state index contributed by atoms with van der Waals surface area (Å²) in [6.45, 7) is 4.32. The number of aliphatic hydroxyl groups excluding tert-OH is 1. The van der Waals surface area contributed by atoms with Gasteiger partial charge in [-0.2, -0.15) is 0 Å². The van der Waals surface area contributed by atoms with Crippen molar-refractivity contribution in [1.29, 1.82) is 0 Å². The number of ether oxygens (including phenoxy) is 3. The van der Waals surface area contributed by atoms with E-state index in [0.29, 0.717) is 19.3 Å². The van der Waals surface area contributed by atoms with Gasteiger partial charge in [-0.3, -0.25) is 23.4 Å². The molecule has 0 bridgehead atoms. The van der Waals surface area contributed by atoms with Crippen LogP contribution in [0.15, 0.2) is 122 Å². The van der Waals surface area contributed by atoms with Gasteiger partial charge in [0.15, 0.2) is 6.10 Å². The zero-order valence-electron chi connectivity index (χ0n) is 49.1. The van der Waals surface area contributed by atoms with Crippen molar-refractivity contribution in [3.63, 3.8) is 0 Å². The maximum absolute atomic E-state index is 12.9. The van der Waals surface area contributed by atoms with E-state index in [0.717, 1.165) is 122 Å². The second-order valence-corrected chi connectivity index (χ2v) is 21.2. The first-order valence-corrected chi connectivity index (χ1v) is 31.9. The first-order valence-electron chi connectivity index (χ1n) is 30.4. The van der Waals surface area contributed by atoms with Crippen molar-refractivity contribution in [2.75, 3.05) is 26.4 Å². The number of hydrogen-bond donors (Lipinski definition) is 2. The van der Waals surface area contributed by atoms with Crippen molar-refractivity contribution in [3.05, 3.63) is 122 Å². The van der Waals surface area contributed by atoms with Gasteiger partial charge in [0.2, 0.25) is 0 Å². The summed E-state index contributed by atoms with van der Waals surface area (Å²) < 4.78 is 39.5. The van der Waals surface area contributed by atoms with E-state index in [9.17, 15) is 28.9 Å². The number of rotatable bonds is 55. The molecular weight excluding hydrogens is 1000 g/mol. The van der Waals surface area contributed by atoms with E-state index < -0.39 is 57.8 Å². The smallest absolute Gasteiger partial charge is 0.462 e. The summed E-state index contributed by atoms with van der Waals surface area (Å²) in [7, 11) is -4.78. The van der Waals surface area contributed by atoms with Gasteiger partial charge in [0, 0.05) is 19.3 Å². The highest BCUT2D eigenvalue weighted by Crippen LogP contribution is 2.43. The number of carbonyl (C=O) groups is 3. The minimum Gasteiger partial charge on any atom is -0.462 e. The number of phosphoric ester groups is 1. The van der Waals surface area contributed by atoms with E-state index in [-0.39, 0.29) is 25.9 Å². The highest BCUT2D eigenvalue weighted by atomic mass is 31.2.